The van der Waals surface area contributed by atoms with Crippen molar-refractivity contribution in [2.75, 3.05) is 19.8 Å². The number of carbonyl (C=O) groups excluding carboxylic acids is 1. The summed E-state index contributed by atoms with van der Waals surface area (Å²) in [5.41, 5.74) is 0.931. The van der Waals surface area contributed by atoms with E-state index in [1.54, 1.807) is 0 Å². The first-order chi connectivity index (χ1) is 9.16. The van der Waals surface area contributed by atoms with Gasteiger partial charge in [0.05, 0.1) is 12.6 Å². The van der Waals surface area contributed by atoms with Gasteiger partial charge in [-0.05, 0) is 6.07 Å². The van der Waals surface area contributed by atoms with Gasteiger partial charge in [-0.3, -0.25) is 4.79 Å². The number of carboxylic acid groups (broad SMARTS) is 1. The highest BCUT2D eigenvalue weighted by Crippen LogP contribution is 2.31. The number of hydrogen-bond donors (Lipinski definition) is 2. The van der Waals surface area contributed by atoms with Gasteiger partial charge in [0.25, 0.3) is 0 Å². The molecule has 1 aromatic carbocycles. The SMILES string of the molecule is O=C(O)COCC(=O)NC1CCOc2ccccc21. The Kier molecular flexibility index (Phi) is 4.35. The van der Waals surface area contributed by atoms with Gasteiger partial charge in [0.15, 0.2) is 0 Å². The third kappa shape index (κ3) is 3.69. The van der Waals surface area contributed by atoms with Crippen molar-refractivity contribution in [2.45, 2.75) is 12.5 Å². The number of benzene rings is 1. The Morgan fingerprint density at radius 1 is 1.37 bits per heavy atom. The third-order valence-corrected chi connectivity index (χ3v) is 2.75. The highest BCUT2D eigenvalue weighted by Gasteiger charge is 2.22. The molecule has 0 saturated carbocycles. The summed E-state index contributed by atoms with van der Waals surface area (Å²) in [4.78, 5) is 21.9. The fraction of sp³-hybridized carbons (Fsp3) is 0.385. The van der Waals surface area contributed by atoms with Crippen molar-refractivity contribution in [1.29, 1.82) is 0 Å². The zero-order valence-electron chi connectivity index (χ0n) is 10.3. The molecule has 0 aliphatic carbocycles. The van der Waals surface area contributed by atoms with Crippen molar-refractivity contribution in [3.8, 4) is 5.75 Å². The average molecular weight is 265 g/mol. The maximum absolute atomic E-state index is 11.6. The molecule has 0 radical (unpaired) electrons. The first-order valence-corrected chi connectivity index (χ1v) is 5.97. The Bertz CT molecular complexity index is 474. The number of carboxylic acids is 1. The maximum atomic E-state index is 11.6. The normalized spacial score (nSPS) is 17.2. The molecule has 2 rings (SSSR count). The summed E-state index contributed by atoms with van der Waals surface area (Å²) in [7, 11) is 0. The molecular weight excluding hydrogens is 250 g/mol. The fourth-order valence-corrected chi connectivity index (χ4v) is 1.96. The Morgan fingerprint density at radius 3 is 2.95 bits per heavy atom. The molecule has 6 nitrogen and oxygen atoms in total. The van der Waals surface area contributed by atoms with E-state index in [1.807, 2.05) is 24.3 Å². The lowest BCUT2D eigenvalue weighted by atomic mass is 10.0. The van der Waals surface area contributed by atoms with Gasteiger partial charge in [-0.2, -0.15) is 0 Å². The highest BCUT2D eigenvalue weighted by atomic mass is 16.5. The molecule has 1 heterocycles. The fourth-order valence-electron chi connectivity index (χ4n) is 1.96. The van der Waals surface area contributed by atoms with Crippen molar-refractivity contribution >= 4 is 11.9 Å². The summed E-state index contributed by atoms with van der Waals surface area (Å²) in [6, 6.07) is 7.39. The Hall–Kier alpha value is -2.08. The highest BCUT2D eigenvalue weighted by molar-refractivity contribution is 5.78. The minimum Gasteiger partial charge on any atom is -0.493 e. The number of nitrogens with one attached hydrogen (secondary N) is 1. The van der Waals surface area contributed by atoms with Gasteiger partial charge in [0, 0.05) is 12.0 Å². The molecule has 1 aromatic rings. The molecule has 6 heteroatoms. The summed E-state index contributed by atoms with van der Waals surface area (Å²) >= 11 is 0. The van der Waals surface area contributed by atoms with Crippen molar-refractivity contribution in [3.05, 3.63) is 29.8 Å². The molecule has 1 unspecified atom stereocenters. The standard InChI is InChI=1S/C13H15NO5/c15-12(7-18-8-13(16)17)14-10-5-6-19-11-4-2-1-3-9(10)11/h1-4,10H,5-8H2,(H,14,15)(H,16,17). The Labute approximate surface area is 110 Å². The van der Waals surface area contributed by atoms with E-state index in [1.165, 1.54) is 0 Å². The van der Waals surface area contributed by atoms with Gasteiger partial charge >= 0.3 is 5.97 Å². The Morgan fingerprint density at radius 2 is 2.16 bits per heavy atom. The zero-order valence-corrected chi connectivity index (χ0v) is 10.3. The van der Waals surface area contributed by atoms with Crippen LogP contribution in [-0.4, -0.2) is 36.8 Å². The minimum atomic E-state index is -1.09. The molecule has 0 fully saturated rings. The van der Waals surface area contributed by atoms with Crippen molar-refractivity contribution < 1.29 is 24.2 Å². The molecule has 102 valence electrons. The van der Waals surface area contributed by atoms with E-state index in [0.717, 1.165) is 11.3 Å². The second-order valence-corrected chi connectivity index (χ2v) is 4.18. The van der Waals surface area contributed by atoms with Crippen LogP contribution in [0.1, 0.15) is 18.0 Å². The lowest BCUT2D eigenvalue weighted by Gasteiger charge is -2.26. The van der Waals surface area contributed by atoms with E-state index in [2.05, 4.69) is 5.32 Å². The second-order valence-electron chi connectivity index (χ2n) is 4.18. The van der Waals surface area contributed by atoms with Gasteiger partial charge in [-0.15, -0.1) is 0 Å². The number of hydrogen-bond acceptors (Lipinski definition) is 4. The number of rotatable bonds is 5. The average Bonchev–Trinajstić information content (AvgIpc) is 2.39. The second kappa shape index (κ2) is 6.19. The molecule has 1 aliphatic heterocycles. The lowest BCUT2D eigenvalue weighted by molar-refractivity contribution is -0.143. The molecule has 0 spiro atoms. The smallest absolute Gasteiger partial charge is 0.329 e. The van der Waals surface area contributed by atoms with Crippen LogP contribution < -0.4 is 10.1 Å². The van der Waals surface area contributed by atoms with Crippen LogP contribution in [0.25, 0.3) is 0 Å². The number of para-hydroxylation sites is 1. The van der Waals surface area contributed by atoms with E-state index in [9.17, 15) is 9.59 Å². The lowest BCUT2D eigenvalue weighted by Crippen LogP contribution is -2.34. The van der Waals surface area contributed by atoms with Gasteiger partial charge in [-0.1, -0.05) is 18.2 Å². The van der Waals surface area contributed by atoms with Crippen LogP contribution in [0.4, 0.5) is 0 Å². The maximum Gasteiger partial charge on any atom is 0.329 e. The third-order valence-electron chi connectivity index (χ3n) is 2.75. The van der Waals surface area contributed by atoms with Crippen molar-refractivity contribution in [3.63, 3.8) is 0 Å². The van der Waals surface area contributed by atoms with E-state index in [0.29, 0.717) is 13.0 Å². The van der Waals surface area contributed by atoms with Crippen molar-refractivity contribution in [2.24, 2.45) is 0 Å². The molecule has 2 N–H and O–H groups in total. The van der Waals surface area contributed by atoms with Gasteiger partial charge in [0.2, 0.25) is 5.91 Å². The van der Waals surface area contributed by atoms with Crippen molar-refractivity contribution in [1.82, 2.24) is 5.32 Å². The molecule has 1 amide bonds. The summed E-state index contributed by atoms with van der Waals surface area (Å²) in [6.45, 7) is -0.193. The number of fused-ring (bicyclic) bond motifs is 1. The van der Waals surface area contributed by atoms with E-state index in [4.69, 9.17) is 14.6 Å². The molecule has 1 atom stereocenters. The first kappa shape index (κ1) is 13.4. The van der Waals surface area contributed by atoms with Gasteiger partial charge < -0.3 is 19.9 Å². The summed E-state index contributed by atoms with van der Waals surface area (Å²) in [5.74, 6) is -0.655. The summed E-state index contributed by atoms with van der Waals surface area (Å²) in [6.07, 6.45) is 0.682. The van der Waals surface area contributed by atoms with Crippen LogP contribution in [0.15, 0.2) is 24.3 Å². The topological polar surface area (TPSA) is 84.9 Å². The molecule has 0 saturated heterocycles. The van der Waals surface area contributed by atoms with E-state index >= 15 is 0 Å². The molecule has 19 heavy (non-hydrogen) atoms. The minimum absolute atomic E-state index is 0.120. The number of ether oxygens (including phenoxy) is 2. The Balaban J connectivity index is 1.90. The molecule has 0 bridgehead atoms. The number of aliphatic carboxylic acids is 1. The van der Waals surface area contributed by atoms with Crippen LogP contribution in [-0.2, 0) is 14.3 Å². The largest absolute Gasteiger partial charge is 0.493 e. The van der Waals surface area contributed by atoms with E-state index < -0.39 is 12.6 Å². The number of amides is 1. The zero-order chi connectivity index (χ0) is 13.7. The predicted molar refractivity (Wildman–Crippen MR) is 65.9 cm³/mol. The summed E-state index contributed by atoms with van der Waals surface area (Å²) < 4.78 is 10.2. The quantitative estimate of drug-likeness (QED) is 0.819. The van der Waals surface area contributed by atoms with Gasteiger partial charge in [-0.25, -0.2) is 4.79 Å². The van der Waals surface area contributed by atoms with Crippen LogP contribution in [0, 0.1) is 0 Å². The molecular formula is C13H15NO5. The van der Waals surface area contributed by atoms with Crippen LogP contribution >= 0.6 is 0 Å². The van der Waals surface area contributed by atoms with Crippen LogP contribution in [0.2, 0.25) is 0 Å². The van der Waals surface area contributed by atoms with Crippen LogP contribution in [0.3, 0.4) is 0 Å². The number of carbonyl (C=O) groups is 2. The predicted octanol–water partition coefficient (Wildman–Crippen LogP) is 0.728. The summed E-state index contributed by atoms with van der Waals surface area (Å²) in [5, 5.41) is 11.2. The molecule has 0 aromatic heterocycles. The monoisotopic (exact) mass is 265 g/mol. The van der Waals surface area contributed by atoms with E-state index in [-0.39, 0.29) is 18.6 Å². The van der Waals surface area contributed by atoms with Gasteiger partial charge in [0.1, 0.15) is 19.0 Å². The van der Waals surface area contributed by atoms with Crippen LogP contribution in [0.5, 0.6) is 5.75 Å². The molecule has 1 aliphatic rings. The first-order valence-electron chi connectivity index (χ1n) is 5.97.